The van der Waals surface area contributed by atoms with E-state index in [1.165, 1.54) is 5.56 Å². The van der Waals surface area contributed by atoms with Crippen molar-refractivity contribution in [1.82, 2.24) is 19.8 Å². The average molecular weight is 440 g/mol. The van der Waals surface area contributed by atoms with Crippen LogP contribution in [0.3, 0.4) is 0 Å². The van der Waals surface area contributed by atoms with Crippen molar-refractivity contribution in [2.75, 3.05) is 33.2 Å². The summed E-state index contributed by atoms with van der Waals surface area (Å²) in [4.78, 5) is 24.4. The average Bonchev–Trinajstić information content (AvgIpc) is 3.16. The second-order valence-corrected chi connectivity index (χ2v) is 8.96. The van der Waals surface area contributed by atoms with E-state index in [0.29, 0.717) is 5.56 Å². The minimum absolute atomic E-state index is 0.419. The summed E-state index contributed by atoms with van der Waals surface area (Å²) < 4.78 is 0. The summed E-state index contributed by atoms with van der Waals surface area (Å²) in [5.41, 5.74) is 13.5. The van der Waals surface area contributed by atoms with E-state index in [-0.39, 0.29) is 0 Å². The Labute approximate surface area is 194 Å². The van der Waals surface area contributed by atoms with Crippen LogP contribution in [0.2, 0.25) is 0 Å². The number of benzene rings is 2. The Morgan fingerprint density at radius 1 is 0.970 bits per heavy atom. The number of nitrogens with zero attached hydrogens (tertiary/aromatic N) is 3. The maximum absolute atomic E-state index is 11.4. The van der Waals surface area contributed by atoms with Crippen LogP contribution < -0.4 is 5.73 Å². The Hall–Kier alpha value is -3.48. The van der Waals surface area contributed by atoms with Crippen LogP contribution >= 0.6 is 0 Å². The fraction of sp³-hybridized carbons (Fsp3) is 0.259. The quantitative estimate of drug-likeness (QED) is 0.492. The number of carbonyl (C=O) groups is 1. The molecule has 4 aromatic rings. The summed E-state index contributed by atoms with van der Waals surface area (Å²) in [7, 11) is 2.19. The molecule has 1 aliphatic rings. The molecule has 1 aliphatic heterocycles. The van der Waals surface area contributed by atoms with E-state index in [0.717, 1.165) is 71.7 Å². The first-order chi connectivity index (χ1) is 16.0. The van der Waals surface area contributed by atoms with E-state index < -0.39 is 5.91 Å². The van der Waals surface area contributed by atoms with Crippen LogP contribution in [-0.2, 0) is 6.54 Å². The number of hydrogen-bond donors (Lipinski definition) is 2. The zero-order chi connectivity index (χ0) is 22.9. The van der Waals surface area contributed by atoms with Crippen molar-refractivity contribution in [2.45, 2.75) is 13.5 Å². The van der Waals surface area contributed by atoms with Crippen molar-refractivity contribution in [3.8, 4) is 22.3 Å². The summed E-state index contributed by atoms with van der Waals surface area (Å²) in [5.74, 6) is -0.419. The van der Waals surface area contributed by atoms with Gasteiger partial charge in [0.1, 0.15) is 5.65 Å². The minimum atomic E-state index is -0.419. The van der Waals surface area contributed by atoms with E-state index in [1.807, 2.05) is 25.3 Å². The molecule has 1 fully saturated rings. The second kappa shape index (κ2) is 8.81. The number of pyridine rings is 1. The molecule has 0 radical (unpaired) electrons. The lowest BCUT2D eigenvalue weighted by molar-refractivity contribution is 0.100. The number of rotatable bonds is 5. The number of amides is 1. The van der Waals surface area contributed by atoms with Gasteiger partial charge in [0, 0.05) is 66.7 Å². The molecule has 0 atom stereocenters. The van der Waals surface area contributed by atoms with Crippen molar-refractivity contribution >= 4 is 16.9 Å². The minimum Gasteiger partial charge on any atom is -0.366 e. The normalized spacial score (nSPS) is 15.2. The van der Waals surface area contributed by atoms with Gasteiger partial charge >= 0.3 is 0 Å². The Morgan fingerprint density at radius 3 is 2.30 bits per heavy atom. The number of carbonyl (C=O) groups excluding carboxylic acids is 1. The molecule has 5 rings (SSSR count). The number of H-pyrrole nitrogens is 1. The van der Waals surface area contributed by atoms with E-state index >= 15 is 0 Å². The third kappa shape index (κ3) is 4.40. The summed E-state index contributed by atoms with van der Waals surface area (Å²) in [6.07, 6.45) is 1.92. The molecule has 0 aliphatic carbocycles. The molecule has 2 aromatic carbocycles. The molecule has 0 saturated carbocycles. The molecule has 33 heavy (non-hydrogen) atoms. The number of primary amides is 1. The van der Waals surface area contributed by atoms with Crippen molar-refractivity contribution in [2.24, 2.45) is 5.73 Å². The lowest BCUT2D eigenvalue weighted by Crippen LogP contribution is -2.43. The third-order valence-electron chi connectivity index (χ3n) is 6.59. The van der Waals surface area contributed by atoms with Crippen LogP contribution in [0.15, 0.2) is 60.8 Å². The molecular formula is C27H29N5O. The van der Waals surface area contributed by atoms with Gasteiger partial charge in [-0.2, -0.15) is 0 Å². The van der Waals surface area contributed by atoms with Gasteiger partial charge in [-0.1, -0.05) is 36.4 Å². The molecule has 168 valence electrons. The van der Waals surface area contributed by atoms with Gasteiger partial charge < -0.3 is 15.6 Å². The Balaban J connectivity index is 1.42. The molecule has 2 aromatic heterocycles. The van der Waals surface area contributed by atoms with Crippen LogP contribution in [0, 0.1) is 6.92 Å². The zero-order valence-corrected chi connectivity index (χ0v) is 19.1. The Morgan fingerprint density at radius 2 is 1.64 bits per heavy atom. The number of nitrogens with one attached hydrogen (secondary N) is 1. The molecule has 0 unspecified atom stereocenters. The largest absolute Gasteiger partial charge is 0.366 e. The highest BCUT2D eigenvalue weighted by atomic mass is 16.1. The van der Waals surface area contributed by atoms with Gasteiger partial charge in [-0.15, -0.1) is 0 Å². The highest BCUT2D eigenvalue weighted by Gasteiger charge is 2.15. The van der Waals surface area contributed by atoms with Crippen LogP contribution in [0.5, 0.6) is 0 Å². The zero-order valence-electron chi connectivity index (χ0n) is 19.1. The predicted molar refractivity (Wildman–Crippen MR) is 133 cm³/mol. The van der Waals surface area contributed by atoms with Gasteiger partial charge in [0.15, 0.2) is 0 Å². The van der Waals surface area contributed by atoms with Crippen LogP contribution in [0.1, 0.15) is 21.6 Å². The van der Waals surface area contributed by atoms with Gasteiger partial charge in [0.2, 0.25) is 5.91 Å². The van der Waals surface area contributed by atoms with Gasteiger partial charge in [-0.25, -0.2) is 4.98 Å². The Bertz CT molecular complexity index is 1280. The van der Waals surface area contributed by atoms with E-state index in [2.05, 4.69) is 52.2 Å². The van der Waals surface area contributed by atoms with Crippen LogP contribution in [-0.4, -0.2) is 58.9 Å². The van der Waals surface area contributed by atoms with Crippen LogP contribution in [0.25, 0.3) is 33.3 Å². The first kappa shape index (κ1) is 21.4. The molecule has 1 amide bonds. The summed E-state index contributed by atoms with van der Waals surface area (Å²) >= 11 is 0. The number of aryl methyl sites for hydroxylation is 1. The molecular weight excluding hydrogens is 410 g/mol. The third-order valence-corrected chi connectivity index (χ3v) is 6.59. The smallest absolute Gasteiger partial charge is 0.248 e. The van der Waals surface area contributed by atoms with Crippen molar-refractivity contribution in [3.05, 3.63) is 77.6 Å². The molecule has 6 heteroatoms. The molecule has 3 N–H and O–H groups in total. The highest BCUT2D eigenvalue weighted by molar-refractivity contribution is 5.99. The number of hydrogen-bond acceptors (Lipinski definition) is 4. The number of nitrogens with two attached hydrogens (primary N) is 1. The first-order valence-electron chi connectivity index (χ1n) is 11.4. The molecule has 6 nitrogen and oxygen atoms in total. The fourth-order valence-electron chi connectivity index (χ4n) is 4.59. The number of aromatic amines is 1. The van der Waals surface area contributed by atoms with E-state index in [9.17, 15) is 4.79 Å². The number of fused-ring (bicyclic) bond motifs is 1. The molecule has 0 bridgehead atoms. The summed E-state index contributed by atoms with van der Waals surface area (Å²) in [6, 6.07) is 18.4. The van der Waals surface area contributed by atoms with Gasteiger partial charge in [0.05, 0.1) is 0 Å². The topological polar surface area (TPSA) is 78.2 Å². The number of piperazine rings is 1. The maximum atomic E-state index is 11.4. The Kier molecular flexibility index (Phi) is 5.70. The monoisotopic (exact) mass is 439 g/mol. The van der Waals surface area contributed by atoms with Gasteiger partial charge in [-0.05, 0) is 48.9 Å². The molecule has 0 spiro atoms. The number of likely N-dealkylation sites (N-methyl/N-ethyl adjacent to an activating group) is 1. The molecule has 3 heterocycles. The number of aromatic nitrogens is 2. The SMILES string of the molecule is Cc1[nH]c2ncc(-c3ccc(CN4CCN(C)CC4)cc3)cc2c1-c1ccc(C(N)=O)cc1. The lowest BCUT2D eigenvalue weighted by Gasteiger charge is -2.32. The van der Waals surface area contributed by atoms with Gasteiger partial charge in [-0.3, -0.25) is 9.69 Å². The second-order valence-electron chi connectivity index (χ2n) is 8.96. The first-order valence-corrected chi connectivity index (χ1v) is 11.4. The highest BCUT2D eigenvalue weighted by Crippen LogP contribution is 2.34. The van der Waals surface area contributed by atoms with Crippen molar-refractivity contribution in [3.63, 3.8) is 0 Å². The molecule has 1 saturated heterocycles. The van der Waals surface area contributed by atoms with Gasteiger partial charge in [0.25, 0.3) is 0 Å². The van der Waals surface area contributed by atoms with Crippen LogP contribution in [0.4, 0.5) is 0 Å². The maximum Gasteiger partial charge on any atom is 0.248 e. The van der Waals surface area contributed by atoms with E-state index in [1.54, 1.807) is 12.1 Å². The standard InChI is InChI=1S/C27H29N5O/c1-18-25(21-7-9-22(10-8-21)26(28)33)24-15-23(16-29-27(24)30-18)20-5-3-19(4-6-20)17-32-13-11-31(2)12-14-32/h3-10,15-16H,11-14,17H2,1-2H3,(H2,28,33)(H,29,30). The van der Waals surface area contributed by atoms with E-state index in [4.69, 9.17) is 10.7 Å². The summed E-state index contributed by atoms with van der Waals surface area (Å²) in [5, 5.41) is 1.07. The fourth-order valence-corrected chi connectivity index (χ4v) is 4.59. The summed E-state index contributed by atoms with van der Waals surface area (Å²) in [6.45, 7) is 7.55. The lowest BCUT2D eigenvalue weighted by atomic mass is 9.99. The predicted octanol–water partition coefficient (Wildman–Crippen LogP) is 4.05. The van der Waals surface area contributed by atoms with Crippen molar-refractivity contribution in [1.29, 1.82) is 0 Å². The van der Waals surface area contributed by atoms with Crippen molar-refractivity contribution < 1.29 is 4.79 Å².